The van der Waals surface area contributed by atoms with Gasteiger partial charge in [-0.25, -0.2) is 18.3 Å². The van der Waals surface area contributed by atoms with Crippen molar-refractivity contribution in [3.8, 4) is 5.75 Å². The zero-order valence-corrected chi connectivity index (χ0v) is 21.7. The van der Waals surface area contributed by atoms with Crippen molar-refractivity contribution >= 4 is 19.6 Å². The number of hydrogen-bond donors (Lipinski definition) is 3. The number of ether oxygens (including phenoxy) is 2. The number of azide groups is 1. The number of esters is 1. The van der Waals surface area contributed by atoms with Crippen LogP contribution in [0.25, 0.3) is 16.3 Å². The minimum absolute atomic E-state index is 0.0694. The number of H-pyrrole nitrogens is 1. The molecule has 3 N–H and O–H groups in total. The van der Waals surface area contributed by atoms with Crippen LogP contribution in [0.3, 0.4) is 0 Å². The molecule has 0 saturated carbocycles. The van der Waals surface area contributed by atoms with Crippen molar-refractivity contribution in [1.82, 2.24) is 14.6 Å². The van der Waals surface area contributed by atoms with E-state index in [2.05, 4.69) is 15.1 Å². The van der Waals surface area contributed by atoms with Crippen molar-refractivity contribution in [2.75, 3.05) is 13.2 Å². The van der Waals surface area contributed by atoms with E-state index in [0.717, 1.165) is 35.4 Å². The summed E-state index contributed by atoms with van der Waals surface area (Å²) in [6, 6.07) is 4.29. The number of halogens is 1. The molecule has 1 aromatic heterocycles. The van der Waals surface area contributed by atoms with Gasteiger partial charge in [0.15, 0.2) is 6.10 Å². The van der Waals surface area contributed by atoms with Gasteiger partial charge in [0.2, 0.25) is 5.88 Å². The average molecular weight is 568 g/mol. The molecular weight excluding hydrogens is 542 g/mol. The fraction of sp³-hybridized carbons (Fsp3) is 0.409. The maximum absolute atomic E-state index is 13.6. The number of carbonyl (C=O) groups excluding carboxylic acids is 1. The SMILES string of the molecule is CCCCOC(=O)[C@H](C)NP(=O)(OC[C@H]1OC(n2ccc(=O)[nH]c2=O)=C(N=[N+]=[N-])[C@@H]1O)Oc1ccc(F)cc1. The number of rotatable bonds is 13. The molecule has 1 unspecified atom stereocenters. The molecule has 1 aliphatic heterocycles. The smallest absolute Gasteiger partial charge is 0.459 e. The van der Waals surface area contributed by atoms with E-state index in [1.807, 2.05) is 11.9 Å². The van der Waals surface area contributed by atoms with Crippen LogP contribution in [0.4, 0.5) is 4.39 Å². The molecule has 0 bridgehead atoms. The Labute approximate surface area is 220 Å². The second kappa shape index (κ2) is 13.2. The third-order valence-electron chi connectivity index (χ3n) is 5.21. The molecule has 0 radical (unpaired) electrons. The third kappa shape index (κ3) is 7.78. The number of aromatic nitrogens is 2. The second-order valence-electron chi connectivity index (χ2n) is 8.17. The molecule has 17 heteroatoms. The number of aliphatic hydroxyl groups excluding tert-OH is 1. The summed E-state index contributed by atoms with van der Waals surface area (Å²) in [5.74, 6) is -1.78. The van der Waals surface area contributed by atoms with Crippen LogP contribution in [0.1, 0.15) is 26.7 Å². The van der Waals surface area contributed by atoms with Crippen LogP contribution < -0.4 is 20.9 Å². The van der Waals surface area contributed by atoms with Crippen molar-refractivity contribution in [1.29, 1.82) is 0 Å². The van der Waals surface area contributed by atoms with Gasteiger partial charge in [-0.15, -0.1) is 0 Å². The highest BCUT2D eigenvalue weighted by Crippen LogP contribution is 2.46. The van der Waals surface area contributed by atoms with E-state index in [1.54, 1.807) is 0 Å². The maximum Gasteiger partial charge on any atom is 0.459 e. The summed E-state index contributed by atoms with van der Waals surface area (Å²) < 4.78 is 49.3. The lowest BCUT2D eigenvalue weighted by Gasteiger charge is -2.25. The molecule has 1 aliphatic rings. The molecule has 2 aromatic rings. The first-order chi connectivity index (χ1) is 18.6. The number of hydrogen-bond acceptors (Lipinski definition) is 10. The molecule has 210 valence electrons. The van der Waals surface area contributed by atoms with Gasteiger partial charge in [0.1, 0.15) is 29.4 Å². The van der Waals surface area contributed by atoms with Crippen LogP contribution in [0.15, 0.2) is 56.9 Å². The largest absolute Gasteiger partial charge is 0.469 e. The standard InChI is InChI=1S/C22H26FN6O9P/c1-3-4-11-35-21(32)13(2)27-39(34,38-15-7-5-14(23)6-8-15)36-12-16-19(31)18(26-28-24)20(37-16)29-10-9-17(30)25-22(29)33/h5-10,13,16,19,31H,3-4,11-12H2,1-2H3,(H,27,34)(H,25,30,33)/t13-,16+,19+,39?/m0/s1. The summed E-state index contributed by atoms with van der Waals surface area (Å²) in [4.78, 5) is 40.6. The lowest BCUT2D eigenvalue weighted by atomic mass is 10.2. The van der Waals surface area contributed by atoms with Crippen molar-refractivity contribution < 1.29 is 37.4 Å². The van der Waals surface area contributed by atoms with Gasteiger partial charge >= 0.3 is 19.4 Å². The number of aromatic amines is 1. The minimum atomic E-state index is -4.43. The number of unbranched alkanes of at least 4 members (excludes halogenated alkanes) is 1. The van der Waals surface area contributed by atoms with Crippen molar-refractivity contribution in [3.05, 3.63) is 79.3 Å². The van der Waals surface area contributed by atoms with Gasteiger partial charge in [0.05, 0.1) is 13.2 Å². The first kappa shape index (κ1) is 29.6. The maximum atomic E-state index is 13.6. The van der Waals surface area contributed by atoms with Gasteiger partial charge in [-0.2, -0.15) is 5.09 Å². The van der Waals surface area contributed by atoms with E-state index in [1.165, 1.54) is 19.1 Å². The molecule has 4 atom stereocenters. The predicted molar refractivity (Wildman–Crippen MR) is 134 cm³/mol. The summed E-state index contributed by atoms with van der Waals surface area (Å²) in [6.45, 7) is 2.75. The molecule has 1 aromatic carbocycles. The summed E-state index contributed by atoms with van der Waals surface area (Å²) >= 11 is 0. The van der Waals surface area contributed by atoms with Gasteiger partial charge in [-0.1, -0.05) is 18.5 Å². The van der Waals surface area contributed by atoms with E-state index in [9.17, 15) is 28.4 Å². The molecule has 0 spiro atoms. The summed E-state index contributed by atoms with van der Waals surface area (Å²) in [7, 11) is -4.43. The van der Waals surface area contributed by atoms with E-state index in [0.29, 0.717) is 6.42 Å². The summed E-state index contributed by atoms with van der Waals surface area (Å²) in [5, 5.41) is 16.5. The number of aliphatic hydroxyl groups is 1. The summed E-state index contributed by atoms with van der Waals surface area (Å²) in [5.41, 5.74) is 6.86. The number of carbonyl (C=O) groups is 1. The third-order valence-corrected chi connectivity index (χ3v) is 6.85. The van der Waals surface area contributed by atoms with Crippen LogP contribution in [0.2, 0.25) is 0 Å². The first-order valence-electron chi connectivity index (χ1n) is 11.7. The Hall–Kier alpha value is -3.94. The van der Waals surface area contributed by atoms with Gasteiger partial charge in [0, 0.05) is 17.2 Å². The van der Waals surface area contributed by atoms with Gasteiger partial charge in [-0.05, 0) is 43.1 Å². The quantitative estimate of drug-likeness (QED) is 0.0803. The molecule has 2 heterocycles. The zero-order valence-electron chi connectivity index (χ0n) is 20.9. The Morgan fingerprint density at radius 2 is 2.08 bits per heavy atom. The predicted octanol–water partition coefficient (Wildman–Crippen LogP) is 2.40. The van der Waals surface area contributed by atoms with Crippen LogP contribution in [-0.2, 0) is 23.4 Å². The van der Waals surface area contributed by atoms with Crippen LogP contribution in [0.5, 0.6) is 5.75 Å². The molecule has 0 aliphatic carbocycles. The molecule has 0 amide bonds. The van der Waals surface area contributed by atoms with Crippen LogP contribution in [0, 0.1) is 5.82 Å². The highest BCUT2D eigenvalue weighted by Gasteiger charge is 2.40. The fourth-order valence-corrected chi connectivity index (χ4v) is 4.73. The van der Waals surface area contributed by atoms with Crippen LogP contribution >= 0.6 is 7.75 Å². The Balaban J connectivity index is 1.81. The topological polar surface area (TPSA) is 207 Å². The van der Waals surface area contributed by atoms with Crippen LogP contribution in [-0.4, -0.2) is 52.1 Å². The molecule has 0 saturated heterocycles. The van der Waals surface area contributed by atoms with E-state index in [-0.39, 0.29) is 12.4 Å². The Morgan fingerprint density at radius 1 is 1.36 bits per heavy atom. The van der Waals surface area contributed by atoms with Crippen molar-refractivity contribution in [2.24, 2.45) is 5.11 Å². The van der Waals surface area contributed by atoms with E-state index >= 15 is 0 Å². The average Bonchev–Trinajstić information content (AvgIpc) is 3.19. The first-order valence-corrected chi connectivity index (χ1v) is 13.2. The lowest BCUT2D eigenvalue weighted by molar-refractivity contribution is -0.145. The number of nitrogens with one attached hydrogen (secondary N) is 2. The number of benzene rings is 1. The highest BCUT2D eigenvalue weighted by atomic mass is 31.2. The van der Waals surface area contributed by atoms with Gasteiger partial charge in [0.25, 0.3) is 5.56 Å². The van der Waals surface area contributed by atoms with Gasteiger partial charge < -0.3 is 19.1 Å². The number of nitrogens with zero attached hydrogens (tertiary/aromatic N) is 4. The van der Waals surface area contributed by atoms with Crippen molar-refractivity contribution in [3.63, 3.8) is 0 Å². The summed E-state index contributed by atoms with van der Waals surface area (Å²) in [6.07, 6.45) is -0.595. The van der Waals surface area contributed by atoms with Crippen molar-refractivity contribution in [2.45, 2.75) is 44.9 Å². The van der Waals surface area contributed by atoms with Gasteiger partial charge in [-0.3, -0.25) is 19.1 Å². The highest BCUT2D eigenvalue weighted by molar-refractivity contribution is 7.52. The lowest BCUT2D eigenvalue weighted by Crippen LogP contribution is -2.37. The Morgan fingerprint density at radius 3 is 2.72 bits per heavy atom. The molecule has 0 fully saturated rings. The molecule has 39 heavy (non-hydrogen) atoms. The van der Waals surface area contributed by atoms with E-state index < -0.39 is 67.2 Å². The van der Waals surface area contributed by atoms with E-state index in [4.69, 9.17) is 24.1 Å². The second-order valence-corrected chi connectivity index (χ2v) is 9.87. The fourth-order valence-electron chi connectivity index (χ4n) is 3.23. The monoisotopic (exact) mass is 568 g/mol. The Bertz CT molecular complexity index is 1420. The molecule has 15 nitrogen and oxygen atoms in total. The normalized spacial score (nSPS) is 19.0. The Kier molecular flexibility index (Phi) is 10.0. The minimum Gasteiger partial charge on any atom is -0.469 e. The molecular formula is C22H26FN6O9P. The molecule has 3 rings (SSSR count). The zero-order chi connectivity index (χ0) is 28.6.